The van der Waals surface area contributed by atoms with Crippen molar-refractivity contribution in [3.8, 4) is 0 Å². The first kappa shape index (κ1) is 31.0. The predicted octanol–water partition coefficient (Wildman–Crippen LogP) is 5.78. The lowest BCUT2D eigenvalue weighted by molar-refractivity contribution is -0.364. The summed E-state index contributed by atoms with van der Waals surface area (Å²) >= 11 is 0. The molecule has 8 atom stereocenters. The van der Waals surface area contributed by atoms with Gasteiger partial charge < -0.3 is 23.7 Å². The summed E-state index contributed by atoms with van der Waals surface area (Å²) in [7, 11) is 0. The van der Waals surface area contributed by atoms with Crippen molar-refractivity contribution >= 4 is 17.8 Å². The molecule has 4 aliphatic heterocycles. The Morgan fingerprint density at radius 3 is 2.40 bits per heavy atom. The van der Waals surface area contributed by atoms with Crippen LogP contribution in [0.2, 0.25) is 0 Å². The average Bonchev–Trinajstić information content (AvgIpc) is 3.32. The van der Waals surface area contributed by atoms with E-state index >= 15 is 0 Å². The molecule has 0 aromatic heterocycles. The van der Waals surface area contributed by atoms with Crippen LogP contribution in [0.5, 0.6) is 0 Å². The number of Topliss-reactive ketones (excluding diaryl/α,β-unsaturated/α-hetero) is 1. The highest BCUT2D eigenvalue weighted by molar-refractivity contribution is 5.79. The van der Waals surface area contributed by atoms with Crippen molar-refractivity contribution in [1.29, 1.82) is 0 Å². The number of benzene rings is 1. The summed E-state index contributed by atoms with van der Waals surface area (Å²) in [4.78, 5) is 40.1. The van der Waals surface area contributed by atoms with Crippen molar-refractivity contribution in [2.24, 2.45) is 17.8 Å². The summed E-state index contributed by atoms with van der Waals surface area (Å²) in [6, 6.07) is 9.69. The molecule has 0 radical (unpaired) electrons. The molecule has 42 heavy (non-hydrogen) atoms. The molecule has 232 valence electrons. The minimum absolute atomic E-state index is 0.0739. The van der Waals surface area contributed by atoms with E-state index in [1.165, 1.54) is 0 Å². The standard InChI is InChI=1S/C33H47NO8/c1-5-38-29(36)14-10-9-13-26(35)18-32-17-22(2)16-27(40-32)30-28(41-32)19-33(42-30)24(4)15-23(3)20-34(33)31(37)39-21-25-11-7-6-8-12-25/h6-8,11-12,22-24,27-28,30H,5,9-10,13-21H2,1-4H3/t22-,23+,24-,27+,28+,30+,32-,33-/m0/s1. The summed E-state index contributed by atoms with van der Waals surface area (Å²) in [5.41, 5.74) is 0.0869. The summed E-state index contributed by atoms with van der Waals surface area (Å²) in [5, 5.41) is 0. The Balaban J connectivity index is 1.27. The molecule has 9 heteroatoms. The van der Waals surface area contributed by atoms with Crippen LogP contribution in [0.4, 0.5) is 4.79 Å². The number of amides is 1. The molecule has 0 saturated carbocycles. The highest BCUT2D eigenvalue weighted by atomic mass is 16.7. The monoisotopic (exact) mass is 585 g/mol. The number of ether oxygens (including phenoxy) is 5. The lowest BCUT2D eigenvalue weighted by Crippen LogP contribution is -2.61. The van der Waals surface area contributed by atoms with Crippen LogP contribution in [0.15, 0.2) is 30.3 Å². The maximum atomic E-state index is 13.6. The topological polar surface area (TPSA) is 101 Å². The molecular weight excluding hydrogens is 538 g/mol. The van der Waals surface area contributed by atoms with Crippen molar-refractivity contribution in [1.82, 2.24) is 4.90 Å². The molecular formula is C33H47NO8. The molecule has 1 aromatic rings. The van der Waals surface area contributed by atoms with E-state index in [0.717, 1.165) is 18.4 Å². The third-order valence-electron chi connectivity index (χ3n) is 9.35. The van der Waals surface area contributed by atoms with Crippen LogP contribution < -0.4 is 0 Å². The largest absolute Gasteiger partial charge is 0.466 e. The third kappa shape index (κ3) is 6.68. The zero-order valence-corrected chi connectivity index (χ0v) is 25.5. The molecule has 4 saturated heterocycles. The van der Waals surface area contributed by atoms with E-state index < -0.39 is 11.5 Å². The summed E-state index contributed by atoms with van der Waals surface area (Å²) in [6.45, 7) is 9.38. The second-order valence-corrected chi connectivity index (χ2v) is 13.0. The smallest absolute Gasteiger partial charge is 0.412 e. The van der Waals surface area contributed by atoms with Gasteiger partial charge in [0.25, 0.3) is 0 Å². The van der Waals surface area contributed by atoms with E-state index in [-0.39, 0.29) is 55.1 Å². The molecule has 0 unspecified atom stereocenters. The van der Waals surface area contributed by atoms with E-state index in [9.17, 15) is 14.4 Å². The number of esters is 1. The molecule has 9 nitrogen and oxygen atoms in total. The van der Waals surface area contributed by atoms with Gasteiger partial charge in [-0.05, 0) is 50.0 Å². The highest BCUT2D eigenvalue weighted by Crippen LogP contribution is 2.54. The first-order chi connectivity index (χ1) is 20.1. The maximum absolute atomic E-state index is 13.6. The Morgan fingerprint density at radius 2 is 1.64 bits per heavy atom. The number of carbonyl (C=O) groups is 3. The molecule has 5 rings (SSSR count). The van der Waals surface area contributed by atoms with Gasteiger partial charge in [0.1, 0.15) is 18.5 Å². The number of carbonyl (C=O) groups excluding carboxylic acids is 3. The lowest BCUT2D eigenvalue weighted by atomic mass is 9.79. The van der Waals surface area contributed by atoms with Gasteiger partial charge in [0.05, 0.1) is 25.2 Å². The van der Waals surface area contributed by atoms with Crippen LogP contribution in [0.25, 0.3) is 0 Å². The van der Waals surface area contributed by atoms with Crippen LogP contribution in [0.3, 0.4) is 0 Å². The average molecular weight is 586 g/mol. The number of nitrogens with zero attached hydrogens (tertiary/aromatic N) is 1. The van der Waals surface area contributed by atoms with Gasteiger partial charge in [-0.15, -0.1) is 0 Å². The summed E-state index contributed by atoms with van der Waals surface area (Å²) in [6.07, 6.45) is 3.84. The number of unbranched alkanes of at least 4 members (excludes halogenated alkanes) is 1. The van der Waals surface area contributed by atoms with Crippen molar-refractivity contribution in [2.45, 2.75) is 122 Å². The Morgan fingerprint density at radius 1 is 0.905 bits per heavy atom. The van der Waals surface area contributed by atoms with Crippen LogP contribution >= 0.6 is 0 Å². The van der Waals surface area contributed by atoms with Crippen molar-refractivity contribution in [2.75, 3.05) is 13.2 Å². The molecule has 1 spiro atoms. The Bertz CT molecular complexity index is 1110. The molecule has 1 amide bonds. The predicted molar refractivity (Wildman–Crippen MR) is 154 cm³/mol. The first-order valence-electron chi connectivity index (χ1n) is 15.8. The van der Waals surface area contributed by atoms with Gasteiger partial charge >= 0.3 is 12.1 Å². The Labute approximate surface area is 249 Å². The van der Waals surface area contributed by atoms with Gasteiger partial charge in [0, 0.05) is 38.1 Å². The molecule has 1 aromatic carbocycles. The normalized spacial score (nSPS) is 35.5. The van der Waals surface area contributed by atoms with Crippen molar-refractivity contribution in [3.63, 3.8) is 0 Å². The zero-order valence-electron chi connectivity index (χ0n) is 25.5. The minimum Gasteiger partial charge on any atom is -0.466 e. The second-order valence-electron chi connectivity index (χ2n) is 13.0. The fourth-order valence-electron chi connectivity index (χ4n) is 7.60. The van der Waals surface area contributed by atoms with E-state index in [2.05, 4.69) is 20.8 Å². The second kappa shape index (κ2) is 13.0. The fraction of sp³-hybridized carbons (Fsp3) is 0.727. The van der Waals surface area contributed by atoms with Crippen LogP contribution in [0.1, 0.15) is 91.0 Å². The molecule has 0 aliphatic carbocycles. The lowest BCUT2D eigenvalue weighted by Gasteiger charge is -2.51. The van der Waals surface area contributed by atoms with E-state index in [1.54, 1.807) is 11.8 Å². The molecule has 4 heterocycles. The first-order valence-corrected chi connectivity index (χ1v) is 15.8. The van der Waals surface area contributed by atoms with Crippen LogP contribution in [0, 0.1) is 17.8 Å². The number of hydrogen-bond donors (Lipinski definition) is 0. The third-order valence-corrected chi connectivity index (χ3v) is 9.35. The summed E-state index contributed by atoms with van der Waals surface area (Å²) < 4.78 is 31.0. The number of hydrogen-bond acceptors (Lipinski definition) is 8. The SMILES string of the molecule is CCOC(=O)CCCCC(=O)C[C@@]12C[C@@H](C)C[C@@H](O1)[C@H]1O[C@@]3(C[C@H]1O2)[C@@H](C)C[C@@H](C)CN3C(=O)OCc1ccccc1. The molecule has 4 aliphatic rings. The number of likely N-dealkylation sites (tertiary alicyclic amines) is 1. The molecule has 0 N–H and O–H groups in total. The molecule has 2 bridgehead atoms. The Hall–Kier alpha value is -2.49. The Kier molecular flexibility index (Phi) is 9.59. The maximum Gasteiger partial charge on any atom is 0.412 e. The van der Waals surface area contributed by atoms with E-state index in [0.29, 0.717) is 63.5 Å². The van der Waals surface area contributed by atoms with E-state index in [4.69, 9.17) is 23.7 Å². The van der Waals surface area contributed by atoms with E-state index in [1.807, 2.05) is 30.3 Å². The molecule has 4 fully saturated rings. The van der Waals surface area contributed by atoms with Gasteiger partial charge in [-0.2, -0.15) is 0 Å². The minimum atomic E-state index is -0.986. The quantitative estimate of drug-likeness (QED) is 0.252. The number of ketones is 1. The summed E-state index contributed by atoms with van der Waals surface area (Å²) in [5.74, 6) is -0.446. The van der Waals surface area contributed by atoms with Gasteiger partial charge in [0.15, 0.2) is 11.5 Å². The van der Waals surface area contributed by atoms with Crippen molar-refractivity contribution in [3.05, 3.63) is 35.9 Å². The van der Waals surface area contributed by atoms with Crippen molar-refractivity contribution < 1.29 is 38.1 Å². The number of fused-ring (bicyclic) bond motifs is 4. The highest BCUT2D eigenvalue weighted by Gasteiger charge is 2.64. The van der Waals surface area contributed by atoms with Crippen LogP contribution in [-0.4, -0.2) is 65.7 Å². The number of piperidine rings is 1. The van der Waals surface area contributed by atoms with Crippen LogP contribution in [-0.2, 0) is 39.9 Å². The fourth-order valence-corrected chi connectivity index (χ4v) is 7.60. The van der Waals surface area contributed by atoms with Gasteiger partial charge in [-0.1, -0.05) is 51.1 Å². The zero-order chi connectivity index (χ0) is 29.9. The van der Waals surface area contributed by atoms with Gasteiger partial charge in [-0.25, -0.2) is 4.79 Å². The van der Waals surface area contributed by atoms with Gasteiger partial charge in [-0.3, -0.25) is 14.5 Å². The van der Waals surface area contributed by atoms with Gasteiger partial charge in [0.2, 0.25) is 0 Å². The number of rotatable bonds is 10.